The molecule has 0 fully saturated rings. The van der Waals surface area contributed by atoms with Crippen LogP contribution in [0, 0.1) is 6.92 Å². The Morgan fingerprint density at radius 2 is 1.48 bits per heavy atom. The summed E-state index contributed by atoms with van der Waals surface area (Å²) in [4.78, 5) is 26.5. The van der Waals surface area contributed by atoms with Gasteiger partial charge in [0.05, 0.1) is 28.2 Å². The van der Waals surface area contributed by atoms with Crippen molar-refractivity contribution < 1.29 is 4.79 Å². The molecule has 0 spiro atoms. The molecule has 1 amide bonds. The van der Waals surface area contributed by atoms with Crippen molar-refractivity contribution in [1.82, 2.24) is 20.3 Å². The summed E-state index contributed by atoms with van der Waals surface area (Å²) in [6.07, 6.45) is 0. The van der Waals surface area contributed by atoms with E-state index in [0.717, 1.165) is 55.4 Å². The number of fused-ring (bicyclic) bond motifs is 1. The monoisotopic (exact) mass is 540 g/mol. The fourth-order valence-corrected chi connectivity index (χ4v) is 5.43. The van der Waals surface area contributed by atoms with Crippen LogP contribution in [-0.4, -0.2) is 26.6 Å². The number of pyridine rings is 1. The van der Waals surface area contributed by atoms with Crippen molar-refractivity contribution in [2.45, 2.75) is 18.5 Å². The Bertz CT molecular complexity index is 1710. The minimum atomic E-state index is -0.0409. The number of carbonyl (C=O) groups excluding carboxylic acids is 1. The second-order valence-electron chi connectivity index (χ2n) is 9.63. The molecule has 2 heterocycles. The number of para-hydroxylation sites is 1. The number of aromatic nitrogens is 3. The largest absolute Gasteiger partial charge is 0.351 e. The molecule has 2 N–H and O–H groups in total. The third-order valence-electron chi connectivity index (χ3n) is 6.71. The summed E-state index contributed by atoms with van der Waals surface area (Å²) < 4.78 is 0. The number of thioether (sulfide) groups is 1. The van der Waals surface area contributed by atoms with E-state index in [2.05, 4.69) is 59.7 Å². The lowest BCUT2D eigenvalue weighted by Gasteiger charge is -2.10. The van der Waals surface area contributed by atoms with E-state index in [-0.39, 0.29) is 11.7 Å². The van der Waals surface area contributed by atoms with Gasteiger partial charge in [0, 0.05) is 23.1 Å². The van der Waals surface area contributed by atoms with E-state index in [1.807, 2.05) is 72.8 Å². The highest BCUT2D eigenvalue weighted by atomic mass is 32.2. The zero-order valence-corrected chi connectivity index (χ0v) is 22.9. The number of benzene rings is 4. The van der Waals surface area contributed by atoms with Crippen molar-refractivity contribution >= 4 is 28.6 Å². The van der Waals surface area contributed by atoms with Crippen molar-refractivity contribution in [1.29, 1.82) is 0 Å². The fraction of sp³-hybridized carbons (Fsp3) is 0.0882. The summed E-state index contributed by atoms with van der Waals surface area (Å²) in [7, 11) is 0. The molecule has 40 heavy (non-hydrogen) atoms. The van der Waals surface area contributed by atoms with Crippen LogP contribution >= 0.6 is 11.8 Å². The molecule has 6 rings (SSSR count). The maximum absolute atomic E-state index is 12.8. The second kappa shape index (κ2) is 11.6. The normalized spacial score (nSPS) is 11.0. The van der Waals surface area contributed by atoms with Gasteiger partial charge < -0.3 is 10.3 Å². The Balaban J connectivity index is 1.34. The van der Waals surface area contributed by atoms with E-state index in [1.54, 1.807) is 0 Å². The van der Waals surface area contributed by atoms with Gasteiger partial charge >= 0.3 is 0 Å². The summed E-state index contributed by atoms with van der Waals surface area (Å²) in [5, 5.41) is 4.81. The molecular weight excluding hydrogens is 512 g/mol. The first-order valence-corrected chi connectivity index (χ1v) is 14.2. The van der Waals surface area contributed by atoms with Gasteiger partial charge in [0.2, 0.25) is 5.91 Å². The van der Waals surface area contributed by atoms with Crippen LogP contribution in [-0.2, 0) is 11.3 Å². The van der Waals surface area contributed by atoms with E-state index in [0.29, 0.717) is 6.54 Å². The number of H-pyrrole nitrogens is 1. The molecule has 0 aliphatic rings. The van der Waals surface area contributed by atoms with Crippen molar-refractivity contribution in [2.75, 3.05) is 5.75 Å². The maximum atomic E-state index is 12.8. The van der Waals surface area contributed by atoms with Crippen molar-refractivity contribution in [3.8, 4) is 33.9 Å². The zero-order chi connectivity index (χ0) is 27.3. The van der Waals surface area contributed by atoms with Crippen LogP contribution in [0.1, 0.15) is 11.1 Å². The van der Waals surface area contributed by atoms with Crippen molar-refractivity contribution in [3.05, 3.63) is 126 Å². The quantitative estimate of drug-likeness (QED) is 0.194. The Kier molecular flexibility index (Phi) is 7.42. The lowest BCUT2D eigenvalue weighted by molar-refractivity contribution is -0.118. The molecule has 0 aliphatic heterocycles. The smallest absolute Gasteiger partial charge is 0.230 e. The summed E-state index contributed by atoms with van der Waals surface area (Å²) >= 11 is 1.43. The minimum absolute atomic E-state index is 0.0409. The SMILES string of the molecule is Cc1ccc(CNC(=O)CSc2nc3ccccc3cc2-c2nc(-c3ccccc3)c(-c3ccccc3)[nH]2)cc1. The molecule has 6 aromatic rings. The number of amides is 1. The number of rotatable bonds is 8. The van der Waals surface area contributed by atoms with Crippen LogP contribution in [0.25, 0.3) is 44.8 Å². The molecule has 0 radical (unpaired) electrons. The summed E-state index contributed by atoms with van der Waals surface area (Å²) in [5.41, 5.74) is 7.93. The number of aromatic amines is 1. The lowest BCUT2D eigenvalue weighted by Crippen LogP contribution is -2.24. The van der Waals surface area contributed by atoms with Gasteiger partial charge in [-0.1, -0.05) is 120 Å². The van der Waals surface area contributed by atoms with E-state index in [1.165, 1.54) is 17.3 Å². The molecule has 0 aliphatic carbocycles. The van der Waals surface area contributed by atoms with Crippen molar-refractivity contribution in [3.63, 3.8) is 0 Å². The summed E-state index contributed by atoms with van der Waals surface area (Å²) in [6.45, 7) is 2.55. The molecule has 0 unspecified atom stereocenters. The molecular formula is C34H28N4OS. The number of imidazole rings is 1. The van der Waals surface area contributed by atoms with Gasteiger partial charge in [-0.3, -0.25) is 4.79 Å². The van der Waals surface area contributed by atoms with E-state index < -0.39 is 0 Å². The van der Waals surface area contributed by atoms with Gasteiger partial charge in [-0.2, -0.15) is 0 Å². The Hall–Kier alpha value is -4.68. The Morgan fingerprint density at radius 1 is 0.800 bits per heavy atom. The highest BCUT2D eigenvalue weighted by Crippen LogP contribution is 2.37. The molecule has 196 valence electrons. The third kappa shape index (κ3) is 5.67. The topological polar surface area (TPSA) is 70.7 Å². The first-order chi connectivity index (χ1) is 19.6. The van der Waals surface area contributed by atoms with Gasteiger partial charge in [0.1, 0.15) is 10.9 Å². The highest BCUT2D eigenvalue weighted by molar-refractivity contribution is 8.00. The van der Waals surface area contributed by atoms with Gasteiger partial charge in [0.25, 0.3) is 0 Å². The first kappa shape index (κ1) is 25.6. The number of hydrogen-bond donors (Lipinski definition) is 2. The average molecular weight is 541 g/mol. The molecule has 4 aromatic carbocycles. The average Bonchev–Trinajstić information content (AvgIpc) is 3.46. The van der Waals surface area contributed by atoms with Crippen LogP contribution in [0.5, 0.6) is 0 Å². The van der Waals surface area contributed by atoms with E-state index >= 15 is 0 Å². The maximum Gasteiger partial charge on any atom is 0.230 e. The number of nitrogens with one attached hydrogen (secondary N) is 2. The minimum Gasteiger partial charge on any atom is -0.351 e. The second-order valence-corrected chi connectivity index (χ2v) is 10.6. The predicted octanol–water partition coefficient (Wildman–Crippen LogP) is 7.68. The van der Waals surface area contributed by atoms with E-state index in [9.17, 15) is 4.79 Å². The standard InChI is InChI=1S/C34H28N4OS/c1-23-16-18-24(19-17-23)21-35-30(39)22-40-34-28(20-27-14-8-9-15-29(27)36-34)33-37-31(25-10-4-2-5-11-25)32(38-33)26-12-6-3-7-13-26/h2-20H,21-22H2,1H3,(H,35,39)(H,37,38). The van der Waals surface area contributed by atoms with Gasteiger partial charge in [-0.05, 0) is 24.6 Å². The third-order valence-corrected chi connectivity index (χ3v) is 7.70. The molecule has 0 atom stereocenters. The molecule has 6 heteroatoms. The number of carbonyl (C=O) groups is 1. The molecule has 0 saturated carbocycles. The summed E-state index contributed by atoms with van der Waals surface area (Å²) in [6, 6.07) is 38.7. The molecule has 2 aromatic heterocycles. The zero-order valence-electron chi connectivity index (χ0n) is 22.1. The number of nitrogens with zero attached hydrogens (tertiary/aromatic N) is 2. The fourth-order valence-electron chi connectivity index (χ4n) is 4.59. The lowest BCUT2D eigenvalue weighted by atomic mass is 10.1. The predicted molar refractivity (Wildman–Crippen MR) is 164 cm³/mol. The van der Waals surface area contributed by atoms with Gasteiger partial charge in [0.15, 0.2) is 0 Å². The molecule has 0 bridgehead atoms. The van der Waals surface area contributed by atoms with Crippen LogP contribution in [0.4, 0.5) is 0 Å². The van der Waals surface area contributed by atoms with Gasteiger partial charge in [-0.15, -0.1) is 0 Å². The van der Waals surface area contributed by atoms with E-state index in [4.69, 9.17) is 9.97 Å². The first-order valence-electron chi connectivity index (χ1n) is 13.2. The summed E-state index contributed by atoms with van der Waals surface area (Å²) in [5.74, 6) is 0.932. The molecule has 5 nitrogen and oxygen atoms in total. The van der Waals surface area contributed by atoms with Gasteiger partial charge in [-0.25, -0.2) is 9.97 Å². The van der Waals surface area contributed by atoms with Crippen molar-refractivity contribution in [2.24, 2.45) is 0 Å². The highest BCUT2D eigenvalue weighted by Gasteiger charge is 2.19. The van der Waals surface area contributed by atoms with Crippen LogP contribution in [0.2, 0.25) is 0 Å². The van der Waals surface area contributed by atoms with Crippen LogP contribution in [0.15, 0.2) is 120 Å². The van der Waals surface area contributed by atoms with Crippen LogP contribution in [0.3, 0.4) is 0 Å². The Morgan fingerprint density at radius 3 is 2.23 bits per heavy atom. The molecule has 0 saturated heterocycles. The number of hydrogen-bond acceptors (Lipinski definition) is 4. The van der Waals surface area contributed by atoms with Crippen LogP contribution < -0.4 is 5.32 Å². The Labute approximate surface area is 237 Å². The number of aryl methyl sites for hydroxylation is 1.